The van der Waals surface area contributed by atoms with E-state index in [-0.39, 0.29) is 18.8 Å². The van der Waals surface area contributed by atoms with Crippen LogP contribution in [0.3, 0.4) is 0 Å². The molecule has 1 aliphatic carbocycles. The van der Waals surface area contributed by atoms with Gasteiger partial charge in [0.25, 0.3) is 5.91 Å². The Balaban J connectivity index is 1.91. The van der Waals surface area contributed by atoms with Gasteiger partial charge in [0, 0.05) is 31.2 Å². The van der Waals surface area contributed by atoms with Crippen LogP contribution in [0.25, 0.3) is 5.57 Å². The molecular formula is C20H21F2N3O4S. The predicted octanol–water partition coefficient (Wildman–Crippen LogP) is 1.75. The molecule has 3 atom stereocenters. The normalized spacial score (nSPS) is 25.4. The highest BCUT2D eigenvalue weighted by Gasteiger charge is 2.50. The van der Waals surface area contributed by atoms with Gasteiger partial charge in [0.05, 0.1) is 12.8 Å². The summed E-state index contributed by atoms with van der Waals surface area (Å²) >= 11 is 0. The predicted molar refractivity (Wildman–Crippen MR) is 106 cm³/mol. The number of rotatable bonds is 6. The van der Waals surface area contributed by atoms with Crippen LogP contribution in [0, 0.1) is 11.3 Å². The van der Waals surface area contributed by atoms with Crippen LogP contribution in [0.4, 0.5) is 8.78 Å². The van der Waals surface area contributed by atoms with E-state index < -0.39 is 57.1 Å². The fraction of sp³-hybridized carbons (Fsp3) is 0.400. The van der Waals surface area contributed by atoms with Crippen molar-refractivity contribution in [3.8, 4) is 6.07 Å². The smallest absolute Gasteiger partial charge is 0.251 e. The molecule has 3 rings (SSSR count). The summed E-state index contributed by atoms with van der Waals surface area (Å²) in [5.74, 6) is -2.51. The molecule has 2 N–H and O–H groups in total. The van der Waals surface area contributed by atoms with Gasteiger partial charge in [-0.05, 0) is 11.6 Å². The Morgan fingerprint density at radius 1 is 1.40 bits per heavy atom. The van der Waals surface area contributed by atoms with E-state index in [0.717, 1.165) is 12.3 Å². The largest absolute Gasteiger partial charge is 0.352 e. The van der Waals surface area contributed by atoms with Crippen molar-refractivity contribution in [3.63, 3.8) is 0 Å². The first kappa shape index (κ1) is 22.1. The summed E-state index contributed by atoms with van der Waals surface area (Å²) < 4.78 is 58.3. The van der Waals surface area contributed by atoms with Gasteiger partial charge in [0.2, 0.25) is 0 Å². The molecule has 0 bridgehead atoms. The van der Waals surface area contributed by atoms with Crippen molar-refractivity contribution < 1.29 is 26.7 Å². The van der Waals surface area contributed by atoms with Gasteiger partial charge in [0.15, 0.2) is 9.84 Å². The summed E-state index contributed by atoms with van der Waals surface area (Å²) in [5.41, 5.74) is 0.360. The molecule has 7 nitrogen and oxygen atoms in total. The van der Waals surface area contributed by atoms with Gasteiger partial charge in [0.1, 0.15) is 28.5 Å². The highest BCUT2D eigenvalue weighted by atomic mass is 32.2. The van der Waals surface area contributed by atoms with Crippen molar-refractivity contribution in [1.29, 1.82) is 5.26 Å². The number of nitrogens with one attached hydrogen (secondary N) is 2. The molecule has 1 aromatic rings. The van der Waals surface area contributed by atoms with Gasteiger partial charge >= 0.3 is 0 Å². The molecule has 1 amide bonds. The summed E-state index contributed by atoms with van der Waals surface area (Å²) in [6, 6.07) is 8.61. The molecule has 0 aromatic heterocycles. The van der Waals surface area contributed by atoms with Crippen molar-refractivity contribution in [3.05, 3.63) is 53.6 Å². The van der Waals surface area contributed by atoms with Crippen LogP contribution in [0.5, 0.6) is 0 Å². The highest BCUT2D eigenvalue weighted by molar-refractivity contribution is 7.92. The van der Waals surface area contributed by atoms with Crippen LogP contribution in [-0.2, 0) is 19.4 Å². The number of amides is 1. The summed E-state index contributed by atoms with van der Waals surface area (Å²) in [6.45, 7) is 0.394. The molecule has 10 heteroatoms. The van der Waals surface area contributed by atoms with Gasteiger partial charge in [-0.15, -0.1) is 0 Å². The molecular weight excluding hydrogens is 416 g/mol. The Bertz CT molecular complexity index is 1030. The molecule has 1 fully saturated rings. The number of sulfone groups is 1. The number of carbonyl (C=O) groups excluding carboxylic acids is 1. The van der Waals surface area contributed by atoms with E-state index >= 15 is 8.78 Å². The van der Waals surface area contributed by atoms with E-state index in [2.05, 4.69) is 10.6 Å². The van der Waals surface area contributed by atoms with E-state index in [9.17, 15) is 18.5 Å². The maximum atomic E-state index is 15.3. The van der Waals surface area contributed by atoms with Crippen molar-refractivity contribution in [2.45, 2.75) is 29.7 Å². The van der Waals surface area contributed by atoms with E-state index in [4.69, 9.17) is 4.74 Å². The van der Waals surface area contributed by atoms with Crippen molar-refractivity contribution in [2.75, 3.05) is 19.5 Å². The Morgan fingerprint density at radius 2 is 2.10 bits per heavy atom. The molecule has 1 heterocycles. The van der Waals surface area contributed by atoms with Crippen LogP contribution in [0.2, 0.25) is 0 Å². The first-order valence-electron chi connectivity index (χ1n) is 9.21. The zero-order valence-electron chi connectivity index (χ0n) is 16.2. The van der Waals surface area contributed by atoms with Crippen LogP contribution >= 0.6 is 0 Å². The monoisotopic (exact) mass is 437 g/mol. The van der Waals surface area contributed by atoms with Crippen molar-refractivity contribution in [2.24, 2.45) is 0 Å². The number of nitriles is 1. The standard InChI is InChI=1S/C20H21F2N3O4S/c1-30(27,28)20(8-14(10-23)25-19(26)17-11-24-12-29-17)9-16(21)15(7-18(20)22)13-5-3-2-4-6-13/h2-7,14,17,24H,8-9,11-12H2,1H3,(H,25,26)/t14?,17-,20?/m0/s1. The lowest BCUT2D eigenvalue weighted by molar-refractivity contribution is -0.130. The number of hydrogen-bond donors (Lipinski definition) is 2. The lowest BCUT2D eigenvalue weighted by Crippen LogP contribution is -2.49. The van der Waals surface area contributed by atoms with Gasteiger partial charge in [-0.25, -0.2) is 17.2 Å². The summed E-state index contributed by atoms with van der Waals surface area (Å²) in [7, 11) is -4.20. The lowest BCUT2D eigenvalue weighted by atomic mass is 9.86. The van der Waals surface area contributed by atoms with Gasteiger partial charge in [-0.3, -0.25) is 10.1 Å². The SMILES string of the molecule is CS(=O)(=O)C1(CC(C#N)NC(=O)[C@@H]2CNCO2)CC(F)=C(c2ccccc2)C=C1F. The zero-order valence-corrected chi connectivity index (χ0v) is 17.0. The molecule has 1 aliphatic heterocycles. The Morgan fingerprint density at radius 3 is 2.67 bits per heavy atom. The number of benzene rings is 1. The third kappa shape index (κ3) is 4.28. The maximum Gasteiger partial charge on any atom is 0.251 e. The zero-order chi connectivity index (χ0) is 21.9. The van der Waals surface area contributed by atoms with E-state index in [0.29, 0.717) is 5.56 Å². The van der Waals surface area contributed by atoms with E-state index in [1.54, 1.807) is 36.4 Å². The minimum atomic E-state index is -4.20. The molecule has 2 unspecified atom stereocenters. The average Bonchev–Trinajstić information content (AvgIpc) is 3.24. The Labute approximate surface area is 173 Å². The first-order valence-corrected chi connectivity index (χ1v) is 11.1. The average molecular weight is 437 g/mol. The van der Waals surface area contributed by atoms with Gasteiger partial charge in [-0.1, -0.05) is 30.3 Å². The number of ether oxygens (including phenoxy) is 1. The van der Waals surface area contributed by atoms with E-state index in [1.807, 2.05) is 0 Å². The second-order valence-corrected chi connectivity index (χ2v) is 9.59. The maximum absolute atomic E-state index is 15.3. The van der Waals surface area contributed by atoms with Gasteiger partial charge in [-0.2, -0.15) is 5.26 Å². The second-order valence-electron chi connectivity index (χ2n) is 7.27. The van der Waals surface area contributed by atoms with Crippen LogP contribution in [0.1, 0.15) is 18.4 Å². The first-order chi connectivity index (χ1) is 14.2. The second kappa shape index (κ2) is 8.63. The molecule has 30 heavy (non-hydrogen) atoms. The summed E-state index contributed by atoms with van der Waals surface area (Å²) in [6.07, 6.45) is -0.597. The number of nitrogens with zero attached hydrogens (tertiary/aromatic N) is 1. The summed E-state index contributed by atoms with van der Waals surface area (Å²) in [5, 5.41) is 14.6. The number of carbonyl (C=O) groups is 1. The molecule has 1 aromatic carbocycles. The molecule has 0 saturated carbocycles. The topological polar surface area (TPSA) is 108 Å². The number of hydrogen-bond acceptors (Lipinski definition) is 6. The third-order valence-corrected chi connectivity index (χ3v) is 7.17. The van der Waals surface area contributed by atoms with E-state index in [1.165, 1.54) is 0 Å². The minimum absolute atomic E-state index is 0.0460. The number of allylic oxidation sites excluding steroid dienone is 3. The molecule has 1 saturated heterocycles. The van der Waals surface area contributed by atoms with Crippen molar-refractivity contribution in [1.82, 2.24) is 10.6 Å². The fourth-order valence-corrected chi connectivity index (χ4v) is 4.83. The molecule has 0 radical (unpaired) electrons. The van der Waals surface area contributed by atoms with Crippen LogP contribution in [-0.4, -0.2) is 50.7 Å². The lowest BCUT2D eigenvalue weighted by Gasteiger charge is -2.34. The molecule has 160 valence electrons. The molecule has 2 aliphatic rings. The van der Waals surface area contributed by atoms with Gasteiger partial charge < -0.3 is 10.1 Å². The quantitative estimate of drug-likeness (QED) is 0.702. The minimum Gasteiger partial charge on any atom is -0.352 e. The Hall–Kier alpha value is -2.61. The Kier molecular flexibility index (Phi) is 6.36. The third-order valence-electron chi connectivity index (χ3n) is 5.25. The fourth-order valence-electron chi connectivity index (χ4n) is 3.55. The summed E-state index contributed by atoms with van der Waals surface area (Å²) in [4.78, 5) is 12.2. The van der Waals surface area contributed by atoms with Crippen molar-refractivity contribution >= 4 is 21.3 Å². The van der Waals surface area contributed by atoms with Crippen LogP contribution in [0.15, 0.2) is 48.1 Å². The van der Waals surface area contributed by atoms with Crippen LogP contribution < -0.4 is 10.6 Å². The highest BCUT2D eigenvalue weighted by Crippen LogP contribution is 2.45. The molecule has 0 spiro atoms. The number of halogens is 2.